The maximum absolute atomic E-state index is 12.8. The van der Waals surface area contributed by atoms with E-state index in [-0.39, 0.29) is 5.56 Å². The van der Waals surface area contributed by atoms with Gasteiger partial charge in [-0.2, -0.15) is 0 Å². The van der Waals surface area contributed by atoms with Crippen LogP contribution in [0.15, 0.2) is 51.7 Å². The van der Waals surface area contributed by atoms with Gasteiger partial charge in [0.05, 0.1) is 23.2 Å². The van der Waals surface area contributed by atoms with E-state index in [0.29, 0.717) is 30.0 Å². The molecule has 0 amide bonds. The van der Waals surface area contributed by atoms with Gasteiger partial charge in [0.1, 0.15) is 5.82 Å². The predicted octanol–water partition coefficient (Wildman–Crippen LogP) is 2.65. The normalized spacial score (nSPS) is 11.6. The molecule has 4 aromatic heterocycles. The highest BCUT2D eigenvalue weighted by Crippen LogP contribution is 2.22. The van der Waals surface area contributed by atoms with E-state index >= 15 is 0 Å². The van der Waals surface area contributed by atoms with Crippen molar-refractivity contribution in [2.24, 2.45) is 0 Å². The SMILES string of the molecule is CCn1c(=O)c2ccccc2n2c(CSc3nnnn3CCc3cccs3)nnc12. The largest absolute Gasteiger partial charge is 0.277 e. The van der Waals surface area contributed by atoms with Crippen LogP contribution in [0.5, 0.6) is 0 Å². The fraction of sp³-hybridized carbons (Fsp3) is 0.263. The van der Waals surface area contributed by atoms with Gasteiger partial charge in [0.25, 0.3) is 5.56 Å². The van der Waals surface area contributed by atoms with Gasteiger partial charge in [0.15, 0.2) is 0 Å². The molecule has 152 valence electrons. The van der Waals surface area contributed by atoms with E-state index in [9.17, 15) is 4.79 Å². The summed E-state index contributed by atoms with van der Waals surface area (Å²) in [5, 5.41) is 24.2. The van der Waals surface area contributed by atoms with E-state index in [4.69, 9.17) is 0 Å². The van der Waals surface area contributed by atoms with Gasteiger partial charge in [-0.25, -0.2) is 4.68 Å². The van der Waals surface area contributed by atoms with E-state index < -0.39 is 0 Å². The number of aryl methyl sites for hydroxylation is 3. The van der Waals surface area contributed by atoms with Crippen molar-refractivity contribution in [2.45, 2.75) is 37.3 Å². The second-order valence-electron chi connectivity index (χ2n) is 6.62. The standard InChI is InChI=1S/C19H18N8OS2/c1-2-25-17(28)14-7-3-4-8-15(14)27-16(20-21-18(25)27)12-30-19-22-23-24-26(19)10-9-13-6-5-11-29-13/h3-8,11H,2,9-10,12H2,1H3. The highest BCUT2D eigenvalue weighted by molar-refractivity contribution is 7.98. The van der Waals surface area contributed by atoms with E-state index in [1.54, 1.807) is 15.9 Å². The Morgan fingerprint density at radius 2 is 2.00 bits per heavy atom. The van der Waals surface area contributed by atoms with Crippen LogP contribution in [-0.2, 0) is 25.3 Å². The molecule has 5 aromatic rings. The summed E-state index contributed by atoms with van der Waals surface area (Å²) in [6.45, 7) is 3.18. The molecule has 11 heteroatoms. The molecule has 9 nitrogen and oxygen atoms in total. The van der Waals surface area contributed by atoms with Crippen LogP contribution in [-0.4, -0.2) is 39.4 Å². The number of nitrogens with zero attached hydrogens (tertiary/aromatic N) is 8. The highest BCUT2D eigenvalue weighted by atomic mass is 32.2. The summed E-state index contributed by atoms with van der Waals surface area (Å²) in [5.41, 5.74) is 0.754. The van der Waals surface area contributed by atoms with Gasteiger partial charge in [0.2, 0.25) is 10.9 Å². The molecule has 0 radical (unpaired) electrons. The first-order valence-electron chi connectivity index (χ1n) is 9.53. The smallest absolute Gasteiger partial charge is 0.262 e. The van der Waals surface area contributed by atoms with Gasteiger partial charge in [-0.3, -0.25) is 13.8 Å². The van der Waals surface area contributed by atoms with Gasteiger partial charge < -0.3 is 0 Å². The lowest BCUT2D eigenvalue weighted by Crippen LogP contribution is -2.22. The van der Waals surface area contributed by atoms with Crippen molar-refractivity contribution in [1.29, 1.82) is 0 Å². The highest BCUT2D eigenvalue weighted by Gasteiger charge is 2.17. The topological polar surface area (TPSA) is 95.8 Å². The Kier molecular flexibility index (Phi) is 5.05. The number of para-hydroxylation sites is 1. The first-order chi connectivity index (χ1) is 14.8. The van der Waals surface area contributed by atoms with Gasteiger partial charge in [-0.1, -0.05) is 30.0 Å². The van der Waals surface area contributed by atoms with Crippen LogP contribution in [0.1, 0.15) is 17.6 Å². The van der Waals surface area contributed by atoms with E-state index in [2.05, 4.69) is 37.2 Å². The molecule has 4 heterocycles. The van der Waals surface area contributed by atoms with Gasteiger partial charge in [-0.15, -0.1) is 26.6 Å². The van der Waals surface area contributed by atoms with Crippen LogP contribution in [0.3, 0.4) is 0 Å². The zero-order chi connectivity index (χ0) is 20.5. The number of aromatic nitrogens is 8. The minimum absolute atomic E-state index is 0.0512. The molecule has 0 aliphatic rings. The minimum atomic E-state index is -0.0512. The van der Waals surface area contributed by atoms with Crippen LogP contribution in [0.2, 0.25) is 0 Å². The molecule has 0 N–H and O–H groups in total. The third kappa shape index (κ3) is 3.29. The second-order valence-corrected chi connectivity index (χ2v) is 8.60. The van der Waals surface area contributed by atoms with Crippen LogP contribution in [0, 0.1) is 0 Å². The van der Waals surface area contributed by atoms with Crippen LogP contribution < -0.4 is 5.56 Å². The lowest BCUT2D eigenvalue weighted by molar-refractivity contribution is 0.550. The quantitative estimate of drug-likeness (QED) is 0.360. The van der Waals surface area contributed by atoms with Crippen molar-refractivity contribution < 1.29 is 0 Å². The molecule has 0 atom stereocenters. The average molecular weight is 439 g/mol. The Bertz CT molecular complexity index is 1370. The number of benzene rings is 1. The summed E-state index contributed by atoms with van der Waals surface area (Å²) in [7, 11) is 0. The molecule has 0 spiro atoms. The van der Waals surface area contributed by atoms with Crippen molar-refractivity contribution in [3.05, 3.63) is 62.8 Å². The number of tetrazole rings is 1. The molecule has 5 rings (SSSR count). The van der Waals surface area contributed by atoms with Gasteiger partial charge in [-0.05, 0) is 40.9 Å². The molecular weight excluding hydrogens is 420 g/mol. The number of hydrogen-bond acceptors (Lipinski definition) is 8. The van der Waals surface area contributed by atoms with Crippen LogP contribution >= 0.6 is 23.1 Å². The molecule has 0 saturated heterocycles. The predicted molar refractivity (Wildman–Crippen MR) is 116 cm³/mol. The maximum Gasteiger partial charge on any atom is 0.262 e. The summed E-state index contributed by atoms with van der Waals surface area (Å²) in [5.74, 6) is 1.84. The van der Waals surface area contributed by atoms with Gasteiger partial charge >= 0.3 is 0 Å². The summed E-state index contributed by atoms with van der Waals surface area (Å²) >= 11 is 3.24. The Hall–Kier alpha value is -3.05. The maximum atomic E-state index is 12.8. The van der Waals surface area contributed by atoms with Gasteiger partial charge in [0, 0.05) is 17.8 Å². The van der Waals surface area contributed by atoms with E-state index in [1.807, 2.05) is 46.3 Å². The monoisotopic (exact) mass is 438 g/mol. The molecule has 0 saturated carbocycles. The number of thioether (sulfide) groups is 1. The van der Waals surface area contributed by atoms with E-state index in [1.165, 1.54) is 16.6 Å². The molecule has 0 aliphatic carbocycles. The molecule has 0 bridgehead atoms. The van der Waals surface area contributed by atoms with Crippen molar-refractivity contribution in [3.63, 3.8) is 0 Å². The third-order valence-electron chi connectivity index (χ3n) is 4.87. The first kappa shape index (κ1) is 18.9. The van der Waals surface area contributed by atoms with Crippen LogP contribution in [0.25, 0.3) is 16.7 Å². The Balaban J connectivity index is 1.45. The van der Waals surface area contributed by atoms with Crippen molar-refractivity contribution in [3.8, 4) is 0 Å². The zero-order valence-electron chi connectivity index (χ0n) is 16.2. The molecule has 0 fully saturated rings. The molecular formula is C19H18N8OS2. The summed E-state index contributed by atoms with van der Waals surface area (Å²) in [6, 6.07) is 11.7. The van der Waals surface area contributed by atoms with E-state index in [0.717, 1.165) is 22.9 Å². The van der Waals surface area contributed by atoms with Crippen molar-refractivity contribution >= 4 is 39.8 Å². The molecule has 30 heavy (non-hydrogen) atoms. The molecule has 1 aromatic carbocycles. The number of hydrogen-bond donors (Lipinski definition) is 0. The Morgan fingerprint density at radius 1 is 1.10 bits per heavy atom. The molecule has 0 aliphatic heterocycles. The third-order valence-corrected chi connectivity index (χ3v) is 6.76. The lowest BCUT2D eigenvalue weighted by Gasteiger charge is -2.09. The Morgan fingerprint density at radius 3 is 2.83 bits per heavy atom. The second kappa shape index (κ2) is 8.00. The van der Waals surface area contributed by atoms with Crippen LogP contribution in [0.4, 0.5) is 0 Å². The van der Waals surface area contributed by atoms with Crippen molar-refractivity contribution in [1.82, 2.24) is 39.4 Å². The minimum Gasteiger partial charge on any atom is -0.277 e. The summed E-state index contributed by atoms with van der Waals surface area (Å²) in [4.78, 5) is 14.1. The summed E-state index contributed by atoms with van der Waals surface area (Å²) < 4.78 is 5.41. The molecule has 0 unspecified atom stereocenters. The summed E-state index contributed by atoms with van der Waals surface area (Å²) in [6.07, 6.45) is 0.886. The number of fused-ring (bicyclic) bond motifs is 3. The number of thiophene rings is 1. The lowest BCUT2D eigenvalue weighted by atomic mass is 10.2. The zero-order valence-corrected chi connectivity index (χ0v) is 17.8. The average Bonchev–Trinajstić information content (AvgIpc) is 3.52. The first-order valence-corrected chi connectivity index (χ1v) is 11.4. The van der Waals surface area contributed by atoms with Crippen molar-refractivity contribution in [2.75, 3.05) is 0 Å². The fourth-order valence-electron chi connectivity index (χ4n) is 3.43. The fourth-order valence-corrected chi connectivity index (χ4v) is 4.95. The Labute approximate surface area is 179 Å². The number of rotatable bonds is 7.